The van der Waals surface area contributed by atoms with E-state index in [1.165, 1.54) is 18.2 Å². The molecule has 6 aromatic rings. The molecule has 4 aromatic carbocycles. The Morgan fingerprint density at radius 3 is 2.74 bits per heavy atom. The van der Waals surface area contributed by atoms with Crippen molar-refractivity contribution in [3.63, 3.8) is 0 Å². The first-order chi connectivity index (χ1) is 26.2. The third-order valence-electron chi connectivity index (χ3n) is 10.5. The molecule has 1 saturated heterocycles. The summed E-state index contributed by atoms with van der Waals surface area (Å²) >= 11 is 0. The number of aromatic nitrogens is 4. The molecular weight excluding hydrogens is 692 g/mol. The van der Waals surface area contributed by atoms with Crippen LogP contribution in [0.4, 0.5) is 14.5 Å². The molecule has 11 nitrogen and oxygen atoms in total. The number of nitriles is 1. The summed E-state index contributed by atoms with van der Waals surface area (Å²) in [6.45, 7) is 6.85. The molecule has 0 bridgehead atoms. The molecule has 0 saturated carbocycles. The summed E-state index contributed by atoms with van der Waals surface area (Å²) in [5.74, 6) is -0.843. The van der Waals surface area contributed by atoms with Gasteiger partial charge in [-0.25, -0.2) is 13.8 Å². The van der Waals surface area contributed by atoms with Gasteiger partial charge < -0.3 is 24.1 Å². The number of hydrogen-bond donors (Lipinski definition) is 2. The molecule has 3 aliphatic heterocycles. The number of aryl methyl sites for hydroxylation is 1. The third kappa shape index (κ3) is 5.93. The number of benzene rings is 4. The van der Waals surface area contributed by atoms with E-state index in [1.807, 2.05) is 30.3 Å². The van der Waals surface area contributed by atoms with E-state index in [0.29, 0.717) is 64.5 Å². The molecule has 13 heteroatoms. The SMILES string of the molecule is Cc1n[nH]c2c(F)cc(NC(=O)c3ccc4c(c3)nc(CN3CC=C(c5cccc6c5O[C@](C)(c5ccc(C#N)cc5F)O6)CC3)n4C[C@@H]3CCO3)cc12. The summed E-state index contributed by atoms with van der Waals surface area (Å²) in [5.41, 5.74) is 5.73. The lowest BCUT2D eigenvalue weighted by Gasteiger charge is -2.29. The molecule has 0 aliphatic carbocycles. The number of rotatable bonds is 8. The third-order valence-corrected chi connectivity index (χ3v) is 10.5. The van der Waals surface area contributed by atoms with Gasteiger partial charge in [-0.05, 0) is 79.9 Å². The Labute approximate surface area is 308 Å². The molecule has 0 unspecified atom stereocenters. The van der Waals surface area contributed by atoms with Crippen molar-refractivity contribution < 1.29 is 27.8 Å². The van der Waals surface area contributed by atoms with Crippen molar-refractivity contribution in [2.24, 2.45) is 0 Å². The average molecular weight is 728 g/mol. The predicted octanol–water partition coefficient (Wildman–Crippen LogP) is 7.35. The number of H-pyrrole nitrogens is 1. The maximum Gasteiger partial charge on any atom is 0.278 e. The second-order valence-electron chi connectivity index (χ2n) is 14.1. The second-order valence-corrected chi connectivity index (χ2v) is 14.1. The fraction of sp³-hybridized carbons (Fsp3) is 0.268. The van der Waals surface area contributed by atoms with Crippen molar-refractivity contribution in [3.8, 4) is 17.6 Å². The van der Waals surface area contributed by atoms with Gasteiger partial charge in [-0.3, -0.25) is 14.8 Å². The van der Waals surface area contributed by atoms with Crippen LogP contribution in [0.25, 0.3) is 27.5 Å². The first-order valence-corrected chi connectivity index (χ1v) is 17.8. The highest BCUT2D eigenvalue weighted by molar-refractivity contribution is 6.06. The monoisotopic (exact) mass is 727 g/mol. The Balaban J connectivity index is 0.939. The minimum atomic E-state index is -1.38. The molecule has 2 atom stereocenters. The van der Waals surface area contributed by atoms with Crippen LogP contribution in [0.15, 0.2) is 72.8 Å². The van der Waals surface area contributed by atoms with E-state index in [2.05, 4.69) is 31.1 Å². The van der Waals surface area contributed by atoms with Crippen LogP contribution in [0.5, 0.6) is 11.5 Å². The minimum absolute atomic E-state index is 0.0963. The Morgan fingerprint density at radius 2 is 1.98 bits per heavy atom. The summed E-state index contributed by atoms with van der Waals surface area (Å²) in [7, 11) is 0. The van der Waals surface area contributed by atoms with Crippen LogP contribution < -0.4 is 14.8 Å². The molecule has 2 aromatic heterocycles. The maximum atomic E-state index is 15.0. The lowest BCUT2D eigenvalue weighted by atomic mass is 9.98. The van der Waals surface area contributed by atoms with Crippen LogP contribution in [0.3, 0.4) is 0 Å². The number of amides is 1. The van der Waals surface area contributed by atoms with Gasteiger partial charge >= 0.3 is 0 Å². The smallest absolute Gasteiger partial charge is 0.278 e. The standard InChI is InChI=1S/C41H35F2N7O4/c1-23-30-18-27(19-33(43)38(30)48-47-23)45-40(51)26-7-9-35-34(17-26)46-37(50(35)21-28-12-15-52-28)22-49-13-10-25(11-14-49)29-4-3-5-36-39(29)54-41(2,53-36)31-8-6-24(20-44)16-32(31)42/h3-10,16-19,28H,11-15,21-22H2,1-2H3,(H,45,51)(H,47,48)/t28-,41+/m0/s1. The molecule has 0 spiro atoms. The summed E-state index contributed by atoms with van der Waals surface area (Å²) in [4.78, 5) is 20.7. The topological polar surface area (TPSA) is 130 Å². The quantitative estimate of drug-likeness (QED) is 0.167. The molecule has 54 heavy (non-hydrogen) atoms. The lowest BCUT2D eigenvalue weighted by molar-refractivity contribution is -0.0708. The highest BCUT2D eigenvalue weighted by atomic mass is 19.1. The van der Waals surface area contributed by atoms with Gasteiger partial charge in [-0.15, -0.1) is 0 Å². The normalized spacial score (nSPS) is 19.5. The van der Waals surface area contributed by atoms with Crippen LogP contribution in [-0.4, -0.2) is 56.4 Å². The summed E-state index contributed by atoms with van der Waals surface area (Å²) in [6.07, 6.45) is 3.98. The number of imidazole rings is 1. The molecule has 1 fully saturated rings. The van der Waals surface area contributed by atoms with E-state index in [9.17, 15) is 14.4 Å². The van der Waals surface area contributed by atoms with Crippen molar-refractivity contribution in [2.75, 3.05) is 25.0 Å². The average Bonchev–Trinajstić information content (AvgIpc) is 3.81. The van der Waals surface area contributed by atoms with E-state index in [0.717, 1.165) is 48.5 Å². The molecule has 5 heterocycles. The van der Waals surface area contributed by atoms with E-state index < -0.39 is 17.4 Å². The molecular formula is C41H35F2N7O4. The first-order valence-electron chi connectivity index (χ1n) is 17.8. The zero-order valence-corrected chi connectivity index (χ0v) is 29.6. The minimum Gasteiger partial charge on any atom is -0.444 e. The predicted molar refractivity (Wildman–Crippen MR) is 197 cm³/mol. The Morgan fingerprint density at radius 1 is 1.11 bits per heavy atom. The molecule has 1 amide bonds. The van der Waals surface area contributed by atoms with Gasteiger partial charge in [0.25, 0.3) is 11.7 Å². The van der Waals surface area contributed by atoms with Gasteiger partial charge in [0, 0.05) is 48.8 Å². The second kappa shape index (κ2) is 13.1. The molecule has 3 aliphatic rings. The van der Waals surface area contributed by atoms with E-state index in [-0.39, 0.29) is 23.1 Å². The highest BCUT2D eigenvalue weighted by Crippen LogP contribution is 2.49. The zero-order chi connectivity index (χ0) is 37.1. The van der Waals surface area contributed by atoms with E-state index in [1.54, 1.807) is 38.1 Å². The van der Waals surface area contributed by atoms with Crippen LogP contribution >= 0.6 is 0 Å². The van der Waals surface area contributed by atoms with Gasteiger partial charge in [0.1, 0.15) is 17.2 Å². The molecule has 9 rings (SSSR count). The van der Waals surface area contributed by atoms with E-state index in [4.69, 9.17) is 19.2 Å². The fourth-order valence-electron chi connectivity index (χ4n) is 7.50. The number of carbonyl (C=O) groups excluding carboxylic acids is 1. The van der Waals surface area contributed by atoms with Crippen molar-refractivity contribution in [1.82, 2.24) is 24.6 Å². The Kier molecular flexibility index (Phi) is 8.17. The molecule has 272 valence electrons. The molecule has 2 N–H and O–H groups in total. The van der Waals surface area contributed by atoms with Crippen molar-refractivity contribution in [2.45, 2.75) is 51.7 Å². The van der Waals surface area contributed by atoms with Crippen LogP contribution in [0.2, 0.25) is 0 Å². The van der Waals surface area contributed by atoms with E-state index >= 15 is 4.39 Å². The highest BCUT2D eigenvalue weighted by Gasteiger charge is 2.42. The van der Waals surface area contributed by atoms with Gasteiger partial charge in [0.15, 0.2) is 17.3 Å². The maximum absolute atomic E-state index is 15.0. The summed E-state index contributed by atoms with van der Waals surface area (Å²) in [5, 5.41) is 19.4. The van der Waals surface area contributed by atoms with Crippen LogP contribution in [-0.2, 0) is 23.6 Å². The fourth-order valence-corrected chi connectivity index (χ4v) is 7.50. The van der Waals surface area contributed by atoms with Crippen LogP contribution in [0.1, 0.15) is 58.3 Å². The number of halogens is 2. The number of nitrogens with zero attached hydrogens (tertiary/aromatic N) is 5. The number of ether oxygens (including phenoxy) is 3. The largest absolute Gasteiger partial charge is 0.444 e. The number of fused-ring (bicyclic) bond motifs is 3. The number of anilines is 1. The molecule has 0 radical (unpaired) electrons. The van der Waals surface area contributed by atoms with Crippen molar-refractivity contribution >= 4 is 39.1 Å². The van der Waals surface area contributed by atoms with Gasteiger partial charge in [-0.2, -0.15) is 10.4 Å². The van der Waals surface area contributed by atoms with Gasteiger partial charge in [-0.1, -0.05) is 18.2 Å². The Hall–Kier alpha value is -6.10. The van der Waals surface area contributed by atoms with Gasteiger partial charge in [0.05, 0.1) is 53.1 Å². The zero-order valence-electron chi connectivity index (χ0n) is 29.6. The van der Waals surface area contributed by atoms with Gasteiger partial charge in [0.2, 0.25) is 0 Å². The summed E-state index contributed by atoms with van der Waals surface area (Å²) < 4.78 is 50.3. The number of carbonyl (C=O) groups is 1. The number of aromatic amines is 1. The number of hydrogen-bond acceptors (Lipinski definition) is 8. The first kappa shape index (κ1) is 33.7. The van der Waals surface area contributed by atoms with Crippen molar-refractivity contribution in [3.05, 3.63) is 118 Å². The Bertz CT molecular complexity index is 2570. The lowest BCUT2D eigenvalue weighted by Crippen LogP contribution is -2.33. The summed E-state index contributed by atoms with van der Waals surface area (Å²) in [6, 6.07) is 20.4. The van der Waals surface area contributed by atoms with Crippen LogP contribution in [0, 0.1) is 29.9 Å². The number of para-hydroxylation sites is 1. The number of nitrogens with one attached hydrogen (secondary N) is 2. The van der Waals surface area contributed by atoms with Crippen molar-refractivity contribution in [1.29, 1.82) is 5.26 Å².